The third-order valence-corrected chi connectivity index (χ3v) is 3.71. The second kappa shape index (κ2) is 7.97. The number of benzene rings is 1. The molecule has 6 nitrogen and oxygen atoms in total. The lowest BCUT2D eigenvalue weighted by atomic mass is 10.2. The molecule has 0 aliphatic carbocycles. The van der Waals surface area contributed by atoms with Crippen LogP contribution < -0.4 is 15.0 Å². The number of H-pyrrole nitrogens is 1. The first-order valence-corrected chi connectivity index (χ1v) is 8.00. The second-order valence-corrected chi connectivity index (χ2v) is 5.51. The number of hydrogen-bond donors (Lipinski definition) is 1. The van der Waals surface area contributed by atoms with Gasteiger partial charge in [0.2, 0.25) is 0 Å². The molecule has 2 rings (SSSR count). The third kappa shape index (κ3) is 4.01. The van der Waals surface area contributed by atoms with E-state index in [9.17, 15) is 4.79 Å². The highest BCUT2D eigenvalue weighted by Gasteiger charge is 2.12. The maximum Gasteiger partial charge on any atom is 0.258 e. The van der Waals surface area contributed by atoms with E-state index < -0.39 is 0 Å². The van der Waals surface area contributed by atoms with Crippen molar-refractivity contribution in [2.45, 2.75) is 33.2 Å². The summed E-state index contributed by atoms with van der Waals surface area (Å²) in [6.45, 7) is 6.91. The van der Waals surface area contributed by atoms with Crippen molar-refractivity contribution in [3.8, 4) is 11.5 Å². The number of ether oxygens (including phenoxy) is 2. The normalized spacial score (nSPS) is 11.2. The molecule has 0 unspecified atom stereocenters. The van der Waals surface area contributed by atoms with Gasteiger partial charge in [0.1, 0.15) is 5.82 Å². The summed E-state index contributed by atoms with van der Waals surface area (Å²) in [6, 6.07) is 3.41. The minimum atomic E-state index is -0.154. The highest BCUT2D eigenvalue weighted by atomic mass is 16.5. The zero-order valence-electron chi connectivity index (χ0n) is 14.3. The van der Waals surface area contributed by atoms with Crippen LogP contribution in [0.1, 0.15) is 32.5 Å². The molecule has 2 aromatic rings. The standard InChI is InChI=1S/C17H25N3O3/c1-5-7-20(8-6-2)11-16-18-13-10-15(23-4)14(22-3)9-12(13)17(21)19-16/h9-10H,5-8,11H2,1-4H3,(H,18,19,21). The molecule has 0 bridgehead atoms. The molecular weight excluding hydrogens is 294 g/mol. The second-order valence-electron chi connectivity index (χ2n) is 5.51. The van der Waals surface area contributed by atoms with Crippen LogP contribution in [0.3, 0.4) is 0 Å². The maximum absolute atomic E-state index is 12.4. The van der Waals surface area contributed by atoms with Crippen molar-refractivity contribution in [1.82, 2.24) is 14.9 Å². The highest BCUT2D eigenvalue weighted by molar-refractivity contribution is 5.81. The van der Waals surface area contributed by atoms with Gasteiger partial charge in [0, 0.05) is 6.07 Å². The smallest absolute Gasteiger partial charge is 0.258 e. The summed E-state index contributed by atoms with van der Waals surface area (Å²) in [5, 5.41) is 0.504. The molecule has 6 heteroatoms. The molecule has 0 atom stereocenters. The van der Waals surface area contributed by atoms with E-state index in [0.29, 0.717) is 34.8 Å². The van der Waals surface area contributed by atoms with E-state index in [-0.39, 0.29) is 5.56 Å². The summed E-state index contributed by atoms with van der Waals surface area (Å²) >= 11 is 0. The van der Waals surface area contributed by atoms with Gasteiger partial charge in [-0.05, 0) is 32.0 Å². The largest absolute Gasteiger partial charge is 0.493 e. The number of aromatic amines is 1. The maximum atomic E-state index is 12.4. The number of rotatable bonds is 8. The van der Waals surface area contributed by atoms with Gasteiger partial charge in [-0.25, -0.2) is 4.98 Å². The first-order chi connectivity index (χ1) is 11.1. The fourth-order valence-corrected chi connectivity index (χ4v) is 2.70. The van der Waals surface area contributed by atoms with Crippen LogP contribution in [-0.2, 0) is 6.54 Å². The number of nitrogens with zero attached hydrogens (tertiary/aromatic N) is 2. The van der Waals surface area contributed by atoms with Crippen LogP contribution in [0.15, 0.2) is 16.9 Å². The van der Waals surface area contributed by atoms with Crippen LogP contribution >= 0.6 is 0 Å². The van der Waals surface area contributed by atoms with Gasteiger partial charge < -0.3 is 14.5 Å². The van der Waals surface area contributed by atoms with Crippen molar-refractivity contribution >= 4 is 10.9 Å². The minimum Gasteiger partial charge on any atom is -0.493 e. The average molecular weight is 319 g/mol. The van der Waals surface area contributed by atoms with Crippen LogP contribution in [0, 0.1) is 0 Å². The Morgan fingerprint density at radius 3 is 2.26 bits per heavy atom. The predicted octanol–water partition coefficient (Wildman–Crippen LogP) is 2.56. The van der Waals surface area contributed by atoms with Gasteiger partial charge in [-0.1, -0.05) is 13.8 Å². The van der Waals surface area contributed by atoms with Gasteiger partial charge in [0.25, 0.3) is 5.56 Å². The predicted molar refractivity (Wildman–Crippen MR) is 91.3 cm³/mol. The minimum absolute atomic E-state index is 0.154. The number of nitrogens with one attached hydrogen (secondary N) is 1. The summed E-state index contributed by atoms with van der Waals surface area (Å²) in [7, 11) is 3.12. The molecule has 1 aromatic carbocycles. The monoisotopic (exact) mass is 319 g/mol. The van der Waals surface area contributed by atoms with Crippen LogP contribution in [0.4, 0.5) is 0 Å². The number of methoxy groups -OCH3 is 2. The molecule has 0 saturated carbocycles. The fraction of sp³-hybridized carbons (Fsp3) is 0.529. The van der Waals surface area contributed by atoms with E-state index in [1.807, 2.05) is 0 Å². The van der Waals surface area contributed by atoms with E-state index in [4.69, 9.17) is 9.47 Å². The van der Waals surface area contributed by atoms with Crippen molar-refractivity contribution in [3.63, 3.8) is 0 Å². The summed E-state index contributed by atoms with van der Waals surface area (Å²) in [6.07, 6.45) is 2.14. The zero-order valence-corrected chi connectivity index (χ0v) is 14.3. The van der Waals surface area contributed by atoms with Crippen LogP contribution in [0.5, 0.6) is 11.5 Å². The zero-order chi connectivity index (χ0) is 16.8. The Bertz CT molecular complexity index is 706. The molecule has 0 radical (unpaired) electrons. The Morgan fingerprint density at radius 2 is 1.70 bits per heavy atom. The van der Waals surface area contributed by atoms with Gasteiger partial charge in [0.05, 0.1) is 31.7 Å². The Labute approximate surface area is 136 Å². The number of aromatic nitrogens is 2. The molecule has 1 N–H and O–H groups in total. The Morgan fingerprint density at radius 1 is 1.09 bits per heavy atom. The van der Waals surface area contributed by atoms with Gasteiger partial charge in [-0.3, -0.25) is 9.69 Å². The van der Waals surface area contributed by atoms with E-state index >= 15 is 0 Å². The Hall–Kier alpha value is -2.08. The summed E-state index contributed by atoms with van der Waals surface area (Å²) in [5.41, 5.74) is 0.466. The molecule has 0 amide bonds. The van der Waals surface area contributed by atoms with Crippen molar-refractivity contribution in [1.29, 1.82) is 0 Å². The van der Waals surface area contributed by atoms with Gasteiger partial charge >= 0.3 is 0 Å². The Balaban J connectivity index is 2.41. The van der Waals surface area contributed by atoms with Crippen LogP contribution in [0.2, 0.25) is 0 Å². The molecule has 1 heterocycles. The third-order valence-electron chi connectivity index (χ3n) is 3.71. The summed E-state index contributed by atoms with van der Waals surface area (Å²) < 4.78 is 10.5. The molecule has 126 valence electrons. The van der Waals surface area contributed by atoms with E-state index in [2.05, 4.69) is 28.7 Å². The van der Waals surface area contributed by atoms with Crippen LogP contribution in [-0.4, -0.2) is 42.2 Å². The van der Waals surface area contributed by atoms with Gasteiger partial charge in [0.15, 0.2) is 11.5 Å². The number of hydrogen-bond acceptors (Lipinski definition) is 5. The lowest BCUT2D eigenvalue weighted by Gasteiger charge is -2.20. The summed E-state index contributed by atoms with van der Waals surface area (Å²) in [5.74, 6) is 1.78. The quantitative estimate of drug-likeness (QED) is 0.810. The summed E-state index contributed by atoms with van der Waals surface area (Å²) in [4.78, 5) is 22.1. The highest BCUT2D eigenvalue weighted by Crippen LogP contribution is 2.29. The van der Waals surface area contributed by atoms with E-state index in [1.54, 1.807) is 26.4 Å². The lowest BCUT2D eigenvalue weighted by molar-refractivity contribution is 0.260. The van der Waals surface area contributed by atoms with Crippen LogP contribution in [0.25, 0.3) is 10.9 Å². The Kier molecular flexibility index (Phi) is 5.98. The van der Waals surface area contributed by atoms with E-state index in [0.717, 1.165) is 25.9 Å². The fourth-order valence-electron chi connectivity index (χ4n) is 2.70. The van der Waals surface area contributed by atoms with Gasteiger partial charge in [-0.15, -0.1) is 0 Å². The molecule has 0 aliphatic heterocycles. The average Bonchev–Trinajstić information content (AvgIpc) is 2.54. The van der Waals surface area contributed by atoms with Crippen molar-refractivity contribution < 1.29 is 9.47 Å². The number of fused-ring (bicyclic) bond motifs is 1. The molecule has 1 aromatic heterocycles. The van der Waals surface area contributed by atoms with Crippen molar-refractivity contribution in [2.24, 2.45) is 0 Å². The topological polar surface area (TPSA) is 67.5 Å². The lowest BCUT2D eigenvalue weighted by Crippen LogP contribution is -2.27. The van der Waals surface area contributed by atoms with Gasteiger partial charge in [-0.2, -0.15) is 0 Å². The molecule has 0 fully saturated rings. The first-order valence-electron chi connectivity index (χ1n) is 8.00. The molecule has 0 saturated heterocycles. The van der Waals surface area contributed by atoms with Crippen molar-refractivity contribution in [2.75, 3.05) is 27.3 Å². The molecule has 0 spiro atoms. The molecule has 23 heavy (non-hydrogen) atoms. The SMILES string of the molecule is CCCN(CCC)Cc1nc2cc(OC)c(OC)cc2c(=O)[nH]1. The molecule has 0 aliphatic rings. The van der Waals surface area contributed by atoms with E-state index in [1.165, 1.54) is 0 Å². The van der Waals surface area contributed by atoms with Crippen molar-refractivity contribution in [3.05, 3.63) is 28.3 Å². The molecular formula is C17H25N3O3. The first kappa shape index (κ1) is 17.3.